The van der Waals surface area contributed by atoms with Gasteiger partial charge in [-0.05, 0) is 57.3 Å². The fourth-order valence-electron chi connectivity index (χ4n) is 3.49. The Bertz CT molecular complexity index is 520. The summed E-state index contributed by atoms with van der Waals surface area (Å²) in [7, 11) is 2.16. The van der Waals surface area contributed by atoms with Crippen LogP contribution in [0.3, 0.4) is 0 Å². The molecule has 1 fully saturated rings. The van der Waals surface area contributed by atoms with E-state index in [4.69, 9.17) is 0 Å². The van der Waals surface area contributed by atoms with Crippen molar-refractivity contribution in [1.29, 1.82) is 0 Å². The molecule has 0 saturated carbocycles. The van der Waals surface area contributed by atoms with E-state index in [1.54, 1.807) is 12.1 Å². The lowest BCUT2D eigenvalue weighted by atomic mass is 9.94. The van der Waals surface area contributed by atoms with E-state index in [2.05, 4.69) is 11.9 Å². The second-order valence-corrected chi connectivity index (χ2v) is 6.22. The fourth-order valence-corrected chi connectivity index (χ4v) is 3.49. The zero-order chi connectivity index (χ0) is 14.8. The minimum atomic E-state index is -0.128. The summed E-state index contributed by atoms with van der Waals surface area (Å²) in [5.41, 5.74) is 1.11. The molecular weight excluding hydrogens is 264 g/mol. The Kier molecular flexibility index (Phi) is 4.06. The zero-order valence-electron chi connectivity index (χ0n) is 12.5. The van der Waals surface area contributed by atoms with Crippen molar-refractivity contribution in [3.63, 3.8) is 0 Å². The molecule has 0 spiro atoms. The van der Waals surface area contributed by atoms with Crippen LogP contribution in [0.1, 0.15) is 46.4 Å². The molecule has 4 heteroatoms. The van der Waals surface area contributed by atoms with Crippen molar-refractivity contribution in [2.24, 2.45) is 5.92 Å². The first-order chi connectivity index (χ1) is 10.2. The average molecular weight is 286 g/mol. The van der Waals surface area contributed by atoms with Crippen LogP contribution in [0.25, 0.3) is 0 Å². The predicted octanol–water partition coefficient (Wildman–Crippen LogP) is 2.40. The second-order valence-electron chi connectivity index (χ2n) is 6.22. The van der Waals surface area contributed by atoms with Gasteiger partial charge in [-0.15, -0.1) is 0 Å². The SMILES string of the molecule is CN1CCCC(CCCN2C(=O)c3ccccc3C2=O)C1. The van der Waals surface area contributed by atoms with Gasteiger partial charge in [-0.2, -0.15) is 0 Å². The van der Waals surface area contributed by atoms with E-state index in [1.165, 1.54) is 24.3 Å². The normalized spacial score (nSPS) is 22.7. The molecule has 0 aliphatic carbocycles. The lowest BCUT2D eigenvalue weighted by molar-refractivity contribution is 0.0647. The van der Waals surface area contributed by atoms with Crippen molar-refractivity contribution in [2.45, 2.75) is 25.7 Å². The van der Waals surface area contributed by atoms with Gasteiger partial charge in [0.2, 0.25) is 0 Å². The average Bonchev–Trinajstić information content (AvgIpc) is 2.73. The number of carbonyl (C=O) groups is 2. The molecule has 0 radical (unpaired) electrons. The monoisotopic (exact) mass is 286 g/mol. The summed E-state index contributed by atoms with van der Waals surface area (Å²) in [4.78, 5) is 28.3. The number of benzene rings is 1. The lowest BCUT2D eigenvalue weighted by Crippen LogP contribution is -2.34. The minimum Gasteiger partial charge on any atom is -0.306 e. The van der Waals surface area contributed by atoms with Gasteiger partial charge in [-0.3, -0.25) is 14.5 Å². The largest absolute Gasteiger partial charge is 0.306 e. The van der Waals surface area contributed by atoms with E-state index in [1.807, 2.05) is 12.1 Å². The van der Waals surface area contributed by atoms with Crippen molar-refractivity contribution in [3.05, 3.63) is 35.4 Å². The third-order valence-corrected chi connectivity index (χ3v) is 4.59. The van der Waals surface area contributed by atoms with Crippen molar-refractivity contribution >= 4 is 11.8 Å². The topological polar surface area (TPSA) is 40.6 Å². The number of amides is 2. The number of piperidine rings is 1. The Morgan fingerprint density at radius 1 is 1.14 bits per heavy atom. The molecule has 2 aliphatic heterocycles. The maximum Gasteiger partial charge on any atom is 0.261 e. The highest BCUT2D eigenvalue weighted by molar-refractivity contribution is 6.21. The Hall–Kier alpha value is -1.68. The van der Waals surface area contributed by atoms with Gasteiger partial charge in [0.15, 0.2) is 0 Å². The van der Waals surface area contributed by atoms with E-state index < -0.39 is 0 Å². The number of fused-ring (bicyclic) bond motifs is 1. The molecule has 2 amide bonds. The maximum absolute atomic E-state index is 12.2. The molecule has 3 rings (SSSR count). The van der Waals surface area contributed by atoms with Gasteiger partial charge in [0.1, 0.15) is 0 Å². The summed E-state index contributed by atoms with van der Waals surface area (Å²) < 4.78 is 0. The molecule has 1 aromatic rings. The summed E-state index contributed by atoms with van der Waals surface area (Å²) >= 11 is 0. The van der Waals surface area contributed by atoms with E-state index in [0.29, 0.717) is 23.6 Å². The third-order valence-electron chi connectivity index (χ3n) is 4.59. The highest BCUT2D eigenvalue weighted by Gasteiger charge is 2.34. The molecule has 0 N–H and O–H groups in total. The summed E-state index contributed by atoms with van der Waals surface area (Å²) in [5.74, 6) is 0.451. The lowest BCUT2D eigenvalue weighted by Gasteiger charge is -2.29. The Balaban J connectivity index is 1.55. The van der Waals surface area contributed by atoms with Gasteiger partial charge in [-0.25, -0.2) is 0 Å². The number of rotatable bonds is 4. The van der Waals surface area contributed by atoms with Gasteiger partial charge < -0.3 is 4.90 Å². The quantitative estimate of drug-likeness (QED) is 0.798. The van der Waals surface area contributed by atoms with Crippen LogP contribution in [0.2, 0.25) is 0 Å². The summed E-state index contributed by atoms with van der Waals surface area (Å²) in [6.45, 7) is 2.88. The fraction of sp³-hybridized carbons (Fsp3) is 0.529. The standard InChI is InChI=1S/C17H22N2O2/c1-18-10-4-6-13(12-18)7-5-11-19-16(20)14-8-2-3-9-15(14)17(19)21/h2-3,8-9,13H,4-7,10-12H2,1H3. The number of imide groups is 1. The number of hydrogen-bond acceptors (Lipinski definition) is 3. The summed E-state index contributed by atoms with van der Waals surface area (Å²) in [6.07, 6.45) is 4.53. The van der Waals surface area contributed by atoms with Crippen LogP contribution in [-0.2, 0) is 0 Å². The Morgan fingerprint density at radius 3 is 2.43 bits per heavy atom. The number of carbonyl (C=O) groups excluding carboxylic acids is 2. The second kappa shape index (κ2) is 5.98. The maximum atomic E-state index is 12.2. The number of hydrogen-bond donors (Lipinski definition) is 0. The molecule has 2 heterocycles. The number of nitrogens with zero attached hydrogens (tertiary/aromatic N) is 2. The van der Waals surface area contributed by atoms with E-state index in [0.717, 1.165) is 19.4 Å². The molecule has 1 saturated heterocycles. The number of likely N-dealkylation sites (tertiary alicyclic amines) is 1. The molecule has 21 heavy (non-hydrogen) atoms. The summed E-state index contributed by atoms with van der Waals surface area (Å²) in [6, 6.07) is 7.11. The van der Waals surface area contributed by atoms with Crippen molar-refractivity contribution in [2.75, 3.05) is 26.7 Å². The molecule has 0 aromatic heterocycles. The van der Waals surface area contributed by atoms with E-state index in [9.17, 15) is 9.59 Å². The third kappa shape index (κ3) is 2.86. The van der Waals surface area contributed by atoms with Gasteiger partial charge in [0, 0.05) is 13.1 Å². The first kappa shape index (κ1) is 14.3. The van der Waals surface area contributed by atoms with Gasteiger partial charge in [0.25, 0.3) is 11.8 Å². The highest BCUT2D eigenvalue weighted by Crippen LogP contribution is 2.24. The van der Waals surface area contributed by atoms with Crippen molar-refractivity contribution < 1.29 is 9.59 Å². The molecule has 2 aliphatic rings. The van der Waals surface area contributed by atoms with Crippen LogP contribution in [0.4, 0.5) is 0 Å². The smallest absolute Gasteiger partial charge is 0.261 e. The molecule has 4 nitrogen and oxygen atoms in total. The highest BCUT2D eigenvalue weighted by atomic mass is 16.2. The molecule has 0 bridgehead atoms. The Morgan fingerprint density at radius 2 is 1.81 bits per heavy atom. The van der Waals surface area contributed by atoms with Crippen LogP contribution < -0.4 is 0 Å². The predicted molar refractivity (Wildman–Crippen MR) is 81.3 cm³/mol. The first-order valence-corrected chi connectivity index (χ1v) is 7.80. The molecule has 1 unspecified atom stereocenters. The van der Waals surface area contributed by atoms with Crippen LogP contribution in [-0.4, -0.2) is 48.3 Å². The van der Waals surface area contributed by atoms with Crippen LogP contribution in [0.15, 0.2) is 24.3 Å². The first-order valence-electron chi connectivity index (χ1n) is 7.80. The molecule has 1 atom stereocenters. The van der Waals surface area contributed by atoms with Crippen molar-refractivity contribution in [3.8, 4) is 0 Å². The molecule has 1 aromatic carbocycles. The zero-order valence-corrected chi connectivity index (χ0v) is 12.5. The van der Waals surface area contributed by atoms with Crippen LogP contribution in [0, 0.1) is 5.92 Å². The van der Waals surface area contributed by atoms with Gasteiger partial charge in [0.05, 0.1) is 11.1 Å². The molecular formula is C17H22N2O2. The van der Waals surface area contributed by atoms with E-state index in [-0.39, 0.29) is 11.8 Å². The molecule has 112 valence electrons. The van der Waals surface area contributed by atoms with Crippen LogP contribution in [0.5, 0.6) is 0 Å². The van der Waals surface area contributed by atoms with E-state index >= 15 is 0 Å². The Labute approximate surface area is 125 Å². The summed E-state index contributed by atoms with van der Waals surface area (Å²) in [5, 5.41) is 0. The van der Waals surface area contributed by atoms with Gasteiger partial charge in [-0.1, -0.05) is 12.1 Å². The minimum absolute atomic E-state index is 0.128. The van der Waals surface area contributed by atoms with Crippen molar-refractivity contribution in [1.82, 2.24) is 9.80 Å². The van der Waals surface area contributed by atoms with Gasteiger partial charge >= 0.3 is 0 Å². The van der Waals surface area contributed by atoms with Crippen LogP contribution >= 0.6 is 0 Å².